The minimum absolute atomic E-state index is 0.0336. The van der Waals surface area contributed by atoms with Gasteiger partial charge >= 0.3 is 0 Å². The number of nitrogens with one attached hydrogen (secondary N) is 2. The van der Waals surface area contributed by atoms with Crippen LogP contribution < -0.4 is 10.6 Å². The third-order valence-electron chi connectivity index (χ3n) is 2.86. The predicted molar refractivity (Wildman–Crippen MR) is 89.2 cm³/mol. The van der Waals surface area contributed by atoms with Crippen molar-refractivity contribution in [2.75, 3.05) is 11.1 Å². The SMILES string of the molecule is CCC[C@@H](C)NC(=O)CSc1nnc(NCc2ccco2)s1. The molecule has 2 N–H and O–H groups in total. The van der Waals surface area contributed by atoms with E-state index in [2.05, 4.69) is 27.8 Å². The lowest BCUT2D eigenvalue weighted by Crippen LogP contribution is -2.33. The fourth-order valence-electron chi connectivity index (χ4n) is 1.86. The maximum Gasteiger partial charge on any atom is 0.230 e. The first kappa shape index (κ1) is 16.8. The molecule has 2 aromatic rings. The maximum atomic E-state index is 11.8. The van der Waals surface area contributed by atoms with E-state index in [-0.39, 0.29) is 11.9 Å². The standard InChI is InChI=1S/C14H20N4O2S2/c1-3-5-10(2)16-12(19)9-21-14-18-17-13(22-14)15-8-11-6-4-7-20-11/h4,6-7,10H,3,5,8-9H2,1-2H3,(H,15,17)(H,16,19)/t10-/m1/s1. The number of carbonyl (C=O) groups is 1. The van der Waals surface area contributed by atoms with Gasteiger partial charge in [0, 0.05) is 6.04 Å². The quantitative estimate of drug-likeness (QED) is 0.683. The van der Waals surface area contributed by atoms with Crippen molar-refractivity contribution < 1.29 is 9.21 Å². The molecule has 1 atom stereocenters. The molecule has 0 aliphatic rings. The molecular weight excluding hydrogens is 320 g/mol. The van der Waals surface area contributed by atoms with Crippen LogP contribution in [-0.4, -0.2) is 27.9 Å². The van der Waals surface area contributed by atoms with Crippen LogP contribution in [0.3, 0.4) is 0 Å². The summed E-state index contributed by atoms with van der Waals surface area (Å²) in [4.78, 5) is 11.8. The van der Waals surface area contributed by atoms with Crippen molar-refractivity contribution in [2.24, 2.45) is 0 Å². The highest BCUT2D eigenvalue weighted by Gasteiger charge is 2.10. The molecule has 0 radical (unpaired) electrons. The molecule has 0 aliphatic carbocycles. The molecular formula is C14H20N4O2S2. The number of aromatic nitrogens is 2. The Bertz CT molecular complexity index is 571. The van der Waals surface area contributed by atoms with Crippen LogP contribution in [0.15, 0.2) is 27.2 Å². The highest BCUT2D eigenvalue weighted by atomic mass is 32.2. The Hall–Kier alpha value is -1.54. The molecule has 0 spiro atoms. The van der Waals surface area contributed by atoms with Gasteiger partial charge < -0.3 is 15.1 Å². The van der Waals surface area contributed by atoms with E-state index >= 15 is 0 Å². The van der Waals surface area contributed by atoms with E-state index in [1.54, 1.807) is 6.26 Å². The van der Waals surface area contributed by atoms with Crippen LogP contribution in [0.5, 0.6) is 0 Å². The summed E-state index contributed by atoms with van der Waals surface area (Å²) in [5.74, 6) is 1.24. The lowest BCUT2D eigenvalue weighted by Gasteiger charge is -2.11. The largest absolute Gasteiger partial charge is 0.467 e. The fourth-order valence-corrected chi connectivity index (χ4v) is 3.42. The molecule has 0 aliphatic heterocycles. The number of amides is 1. The molecule has 2 rings (SSSR count). The highest BCUT2D eigenvalue weighted by molar-refractivity contribution is 8.01. The van der Waals surface area contributed by atoms with Crippen LogP contribution in [0.2, 0.25) is 0 Å². The first-order valence-corrected chi connectivity index (χ1v) is 8.99. The monoisotopic (exact) mass is 340 g/mol. The summed E-state index contributed by atoms with van der Waals surface area (Å²) < 4.78 is 6.01. The van der Waals surface area contributed by atoms with Gasteiger partial charge in [0.25, 0.3) is 0 Å². The van der Waals surface area contributed by atoms with Crippen molar-refractivity contribution in [1.29, 1.82) is 0 Å². The molecule has 6 nitrogen and oxygen atoms in total. The lowest BCUT2D eigenvalue weighted by atomic mass is 10.2. The number of rotatable bonds is 9. The van der Waals surface area contributed by atoms with E-state index < -0.39 is 0 Å². The summed E-state index contributed by atoms with van der Waals surface area (Å²) in [7, 11) is 0. The second-order valence-electron chi connectivity index (χ2n) is 4.85. The highest BCUT2D eigenvalue weighted by Crippen LogP contribution is 2.25. The first-order valence-electron chi connectivity index (χ1n) is 7.19. The van der Waals surface area contributed by atoms with Gasteiger partial charge in [-0.1, -0.05) is 36.4 Å². The Morgan fingerprint density at radius 1 is 1.50 bits per heavy atom. The van der Waals surface area contributed by atoms with Gasteiger partial charge in [-0.25, -0.2) is 0 Å². The van der Waals surface area contributed by atoms with E-state index in [4.69, 9.17) is 4.42 Å². The number of hydrogen-bond acceptors (Lipinski definition) is 7. The Morgan fingerprint density at radius 2 is 2.36 bits per heavy atom. The van der Waals surface area contributed by atoms with Crippen molar-refractivity contribution in [3.8, 4) is 0 Å². The Balaban J connectivity index is 1.71. The van der Waals surface area contributed by atoms with Crippen LogP contribution in [0.4, 0.5) is 5.13 Å². The molecule has 0 saturated carbocycles. The van der Waals surface area contributed by atoms with E-state index in [1.165, 1.54) is 23.1 Å². The second-order valence-corrected chi connectivity index (χ2v) is 7.05. The summed E-state index contributed by atoms with van der Waals surface area (Å²) in [6.45, 7) is 4.70. The molecule has 2 aromatic heterocycles. The van der Waals surface area contributed by atoms with Crippen molar-refractivity contribution in [3.05, 3.63) is 24.2 Å². The Morgan fingerprint density at radius 3 is 3.09 bits per heavy atom. The molecule has 0 saturated heterocycles. The molecule has 0 fully saturated rings. The van der Waals surface area contributed by atoms with Gasteiger partial charge in [0.1, 0.15) is 5.76 Å². The zero-order valence-corrected chi connectivity index (χ0v) is 14.3. The van der Waals surface area contributed by atoms with Gasteiger partial charge in [0.2, 0.25) is 11.0 Å². The molecule has 8 heteroatoms. The van der Waals surface area contributed by atoms with Crippen molar-refractivity contribution in [2.45, 2.75) is 43.6 Å². The summed E-state index contributed by atoms with van der Waals surface area (Å²) in [6.07, 6.45) is 3.70. The average Bonchev–Trinajstić information content (AvgIpc) is 3.15. The molecule has 0 aromatic carbocycles. The summed E-state index contributed by atoms with van der Waals surface area (Å²) >= 11 is 2.84. The number of hydrogen-bond donors (Lipinski definition) is 2. The molecule has 120 valence electrons. The van der Waals surface area contributed by atoms with E-state index in [1.807, 2.05) is 19.1 Å². The fraction of sp³-hybridized carbons (Fsp3) is 0.500. The predicted octanol–water partition coefficient (Wildman–Crippen LogP) is 3.14. The van der Waals surface area contributed by atoms with E-state index in [0.29, 0.717) is 12.3 Å². The third kappa shape index (κ3) is 5.69. The van der Waals surface area contributed by atoms with Crippen LogP contribution in [0, 0.1) is 0 Å². The minimum atomic E-state index is 0.0336. The van der Waals surface area contributed by atoms with Gasteiger partial charge in [-0.3, -0.25) is 4.79 Å². The average molecular weight is 340 g/mol. The van der Waals surface area contributed by atoms with Crippen LogP contribution in [-0.2, 0) is 11.3 Å². The molecule has 1 amide bonds. The van der Waals surface area contributed by atoms with Gasteiger partial charge in [-0.05, 0) is 25.5 Å². The van der Waals surface area contributed by atoms with Crippen LogP contribution in [0.25, 0.3) is 0 Å². The summed E-state index contributed by atoms with van der Waals surface area (Å²) in [5, 5.41) is 14.9. The number of furan rings is 1. The molecule has 0 unspecified atom stereocenters. The number of anilines is 1. The molecule has 0 bridgehead atoms. The molecule has 2 heterocycles. The van der Waals surface area contributed by atoms with Crippen molar-refractivity contribution in [3.63, 3.8) is 0 Å². The number of carbonyl (C=O) groups excluding carboxylic acids is 1. The second kappa shape index (κ2) is 8.79. The van der Waals surface area contributed by atoms with Crippen LogP contribution in [0.1, 0.15) is 32.4 Å². The van der Waals surface area contributed by atoms with E-state index in [9.17, 15) is 4.79 Å². The topological polar surface area (TPSA) is 80.0 Å². The first-order chi connectivity index (χ1) is 10.7. The van der Waals surface area contributed by atoms with Gasteiger partial charge in [0.05, 0.1) is 18.6 Å². The van der Waals surface area contributed by atoms with E-state index in [0.717, 1.165) is 28.1 Å². The zero-order chi connectivity index (χ0) is 15.8. The zero-order valence-electron chi connectivity index (χ0n) is 12.7. The minimum Gasteiger partial charge on any atom is -0.467 e. The summed E-state index contributed by atoms with van der Waals surface area (Å²) in [6, 6.07) is 3.96. The van der Waals surface area contributed by atoms with Gasteiger partial charge in [-0.2, -0.15) is 0 Å². The molecule has 22 heavy (non-hydrogen) atoms. The van der Waals surface area contributed by atoms with Crippen molar-refractivity contribution in [1.82, 2.24) is 15.5 Å². The smallest absolute Gasteiger partial charge is 0.230 e. The lowest BCUT2D eigenvalue weighted by molar-refractivity contribution is -0.119. The number of nitrogens with zero attached hydrogens (tertiary/aromatic N) is 2. The normalized spacial score (nSPS) is 12.1. The Kier molecular flexibility index (Phi) is 6.73. The maximum absolute atomic E-state index is 11.8. The van der Waals surface area contributed by atoms with Crippen molar-refractivity contribution >= 4 is 34.1 Å². The third-order valence-corrected chi connectivity index (χ3v) is 4.87. The van der Waals surface area contributed by atoms with Gasteiger partial charge in [0.15, 0.2) is 4.34 Å². The van der Waals surface area contributed by atoms with Crippen LogP contribution >= 0.6 is 23.1 Å². The van der Waals surface area contributed by atoms with Gasteiger partial charge in [-0.15, -0.1) is 10.2 Å². The Labute approximate surface area is 138 Å². The summed E-state index contributed by atoms with van der Waals surface area (Å²) in [5.41, 5.74) is 0. The number of thioether (sulfide) groups is 1.